The van der Waals surface area contributed by atoms with E-state index in [0.29, 0.717) is 5.75 Å². The molecular formula is C18H17F2NO4. The van der Waals surface area contributed by atoms with Crippen molar-refractivity contribution in [2.24, 2.45) is 0 Å². The predicted molar refractivity (Wildman–Crippen MR) is 87.1 cm³/mol. The molecule has 25 heavy (non-hydrogen) atoms. The SMILES string of the molecule is C[C@H](OC(=O)CCOc1ccccc1)C(=O)Nc1cc(F)ccc1F. The Balaban J connectivity index is 1.78. The third-order valence-corrected chi connectivity index (χ3v) is 3.18. The van der Waals surface area contributed by atoms with Crippen LogP contribution in [0.3, 0.4) is 0 Å². The van der Waals surface area contributed by atoms with Gasteiger partial charge >= 0.3 is 5.97 Å². The summed E-state index contributed by atoms with van der Waals surface area (Å²) in [5, 5.41) is 2.18. The molecule has 0 aliphatic carbocycles. The van der Waals surface area contributed by atoms with Gasteiger partial charge < -0.3 is 14.8 Å². The number of anilines is 1. The van der Waals surface area contributed by atoms with Gasteiger partial charge in [-0.05, 0) is 31.2 Å². The Kier molecular flexibility index (Phi) is 6.45. The Morgan fingerprint density at radius 3 is 2.56 bits per heavy atom. The zero-order chi connectivity index (χ0) is 18.2. The molecule has 0 aliphatic heterocycles. The van der Waals surface area contributed by atoms with Gasteiger partial charge in [0.15, 0.2) is 6.10 Å². The lowest BCUT2D eigenvalue weighted by molar-refractivity contribution is -0.153. The lowest BCUT2D eigenvalue weighted by Gasteiger charge is -2.14. The van der Waals surface area contributed by atoms with Gasteiger partial charge in [-0.3, -0.25) is 9.59 Å². The van der Waals surface area contributed by atoms with Crippen molar-refractivity contribution in [2.75, 3.05) is 11.9 Å². The summed E-state index contributed by atoms with van der Waals surface area (Å²) in [5.74, 6) is -2.27. The Morgan fingerprint density at radius 1 is 1.12 bits per heavy atom. The number of hydrogen-bond donors (Lipinski definition) is 1. The number of amides is 1. The number of para-hydroxylation sites is 1. The summed E-state index contributed by atoms with van der Waals surface area (Å²) >= 11 is 0. The number of rotatable bonds is 7. The quantitative estimate of drug-likeness (QED) is 0.779. The Labute approximate surface area is 143 Å². The maximum Gasteiger partial charge on any atom is 0.310 e. The van der Waals surface area contributed by atoms with Gasteiger partial charge in [-0.25, -0.2) is 8.78 Å². The van der Waals surface area contributed by atoms with Gasteiger partial charge in [0.1, 0.15) is 17.4 Å². The van der Waals surface area contributed by atoms with Crippen LogP contribution in [0.1, 0.15) is 13.3 Å². The molecule has 7 heteroatoms. The molecule has 1 atom stereocenters. The number of ether oxygens (including phenoxy) is 2. The molecule has 0 spiro atoms. The fourth-order valence-corrected chi connectivity index (χ4v) is 1.91. The van der Waals surface area contributed by atoms with Crippen molar-refractivity contribution >= 4 is 17.6 Å². The first kappa shape index (κ1) is 18.4. The summed E-state index contributed by atoms with van der Waals surface area (Å²) in [6.45, 7) is 1.43. The summed E-state index contributed by atoms with van der Waals surface area (Å²) in [6, 6.07) is 11.6. The van der Waals surface area contributed by atoms with Crippen LogP contribution in [0.5, 0.6) is 5.75 Å². The number of benzene rings is 2. The highest BCUT2D eigenvalue weighted by molar-refractivity contribution is 5.95. The van der Waals surface area contributed by atoms with Gasteiger partial charge in [-0.2, -0.15) is 0 Å². The summed E-state index contributed by atoms with van der Waals surface area (Å²) < 4.78 is 36.8. The topological polar surface area (TPSA) is 64.6 Å². The van der Waals surface area contributed by atoms with Crippen LogP contribution in [0.4, 0.5) is 14.5 Å². The van der Waals surface area contributed by atoms with Crippen molar-refractivity contribution < 1.29 is 27.8 Å². The monoisotopic (exact) mass is 349 g/mol. The molecule has 0 saturated heterocycles. The molecule has 1 amide bonds. The van der Waals surface area contributed by atoms with Crippen LogP contribution in [0, 0.1) is 11.6 Å². The molecule has 0 aromatic heterocycles. The van der Waals surface area contributed by atoms with Crippen LogP contribution in [0.15, 0.2) is 48.5 Å². The summed E-state index contributed by atoms with van der Waals surface area (Å²) in [4.78, 5) is 23.6. The highest BCUT2D eigenvalue weighted by Crippen LogP contribution is 2.16. The molecule has 2 aromatic rings. The molecule has 2 aromatic carbocycles. The molecule has 5 nitrogen and oxygen atoms in total. The van der Waals surface area contributed by atoms with Crippen molar-refractivity contribution in [1.82, 2.24) is 0 Å². The second-order valence-electron chi connectivity index (χ2n) is 5.16. The lowest BCUT2D eigenvalue weighted by atomic mass is 10.2. The lowest BCUT2D eigenvalue weighted by Crippen LogP contribution is -2.30. The fourth-order valence-electron chi connectivity index (χ4n) is 1.91. The molecule has 0 saturated carbocycles. The molecule has 0 heterocycles. The molecule has 1 N–H and O–H groups in total. The summed E-state index contributed by atoms with van der Waals surface area (Å²) in [5.41, 5.74) is -0.319. The number of esters is 1. The van der Waals surface area contributed by atoms with E-state index < -0.39 is 29.6 Å². The van der Waals surface area contributed by atoms with Crippen LogP contribution in [0.25, 0.3) is 0 Å². The molecular weight excluding hydrogens is 332 g/mol. The molecule has 2 rings (SSSR count). The average Bonchev–Trinajstić information content (AvgIpc) is 2.59. The summed E-state index contributed by atoms with van der Waals surface area (Å²) in [7, 11) is 0. The van der Waals surface area contributed by atoms with Crippen molar-refractivity contribution in [3.05, 3.63) is 60.2 Å². The minimum absolute atomic E-state index is 0.0547. The van der Waals surface area contributed by atoms with Gasteiger partial charge in [0.25, 0.3) is 5.91 Å². The van der Waals surface area contributed by atoms with E-state index in [0.717, 1.165) is 18.2 Å². The summed E-state index contributed by atoms with van der Waals surface area (Å²) in [6.07, 6.45) is -1.22. The minimum Gasteiger partial charge on any atom is -0.493 e. The molecule has 0 unspecified atom stereocenters. The number of carbonyl (C=O) groups excluding carboxylic acids is 2. The molecule has 0 aliphatic rings. The van der Waals surface area contributed by atoms with Crippen molar-refractivity contribution in [3.63, 3.8) is 0 Å². The van der Waals surface area contributed by atoms with Crippen molar-refractivity contribution in [2.45, 2.75) is 19.4 Å². The van der Waals surface area contributed by atoms with Gasteiger partial charge in [0.2, 0.25) is 0 Å². The van der Waals surface area contributed by atoms with Crippen molar-refractivity contribution in [1.29, 1.82) is 0 Å². The Bertz CT molecular complexity index is 737. The van der Waals surface area contributed by atoms with E-state index in [1.165, 1.54) is 6.92 Å². The third kappa shape index (κ3) is 5.87. The average molecular weight is 349 g/mol. The van der Waals surface area contributed by atoms with E-state index in [4.69, 9.17) is 9.47 Å². The Hall–Kier alpha value is -2.96. The van der Waals surface area contributed by atoms with Crippen molar-refractivity contribution in [3.8, 4) is 5.75 Å². The molecule has 0 bridgehead atoms. The third-order valence-electron chi connectivity index (χ3n) is 3.18. The highest BCUT2D eigenvalue weighted by atomic mass is 19.1. The Morgan fingerprint density at radius 2 is 1.84 bits per heavy atom. The van der Waals surface area contributed by atoms with Gasteiger partial charge in [-0.1, -0.05) is 18.2 Å². The predicted octanol–water partition coefficient (Wildman–Crippen LogP) is 3.30. The van der Waals surface area contributed by atoms with E-state index in [9.17, 15) is 18.4 Å². The number of hydrogen-bond acceptors (Lipinski definition) is 4. The first-order chi connectivity index (χ1) is 12.0. The zero-order valence-electron chi connectivity index (χ0n) is 13.5. The minimum atomic E-state index is -1.16. The van der Waals surface area contributed by atoms with E-state index in [1.807, 2.05) is 6.07 Å². The number of halogens is 2. The van der Waals surface area contributed by atoms with E-state index in [1.54, 1.807) is 24.3 Å². The fraction of sp³-hybridized carbons (Fsp3) is 0.222. The first-order valence-corrected chi connectivity index (χ1v) is 7.59. The number of carbonyl (C=O) groups is 2. The molecule has 0 radical (unpaired) electrons. The second-order valence-corrected chi connectivity index (χ2v) is 5.16. The van der Waals surface area contributed by atoms with Crippen LogP contribution in [-0.4, -0.2) is 24.6 Å². The smallest absolute Gasteiger partial charge is 0.310 e. The largest absolute Gasteiger partial charge is 0.493 e. The molecule has 0 fully saturated rings. The van der Waals surface area contributed by atoms with Crippen LogP contribution in [-0.2, 0) is 14.3 Å². The van der Waals surface area contributed by atoms with E-state index >= 15 is 0 Å². The second kappa shape index (κ2) is 8.77. The normalized spacial score (nSPS) is 11.5. The highest BCUT2D eigenvalue weighted by Gasteiger charge is 2.19. The first-order valence-electron chi connectivity index (χ1n) is 7.59. The zero-order valence-corrected chi connectivity index (χ0v) is 13.5. The van der Waals surface area contributed by atoms with Gasteiger partial charge in [0.05, 0.1) is 18.7 Å². The van der Waals surface area contributed by atoms with Gasteiger partial charge in [-0.15, -0.1) is 0 Å². The van der Waals surface area contributed by atoms with Crippen LogP contribution >= 0.6 is 0 Å². The maximum absolute atomic E-state index is 13.5. The van der Waals surface area contributed by atoms with Crippen LogP contribution in [0.2, 0.25) is 0 Å². The van der Waals surface area contributed by atoms with Gasteiger partial charge in [0, 0.05) is 6.07 Å². The standard InChI is InChI=1S/C18H17F2NO4/c1-12(18(23)21-16-11-13(19)7-8-15(16)20)25-17(22)9-10-24-14-5-3-2-4-6-14/h2-8,11-12H,9-10H2,1H3,(H,21,23)/t12-/m0/s1. The maximum atomic E-state index is 13.5. The van der Waals surface area contributed by atoms with E-state index in [-0.39, 0.29) is 18.7 Å². The van der Waals surface area contributed by atoms with Crippen LogP contribution < -0.4 is 10.1 Å². The number of nitrogens with one attached hydrogen (secondary N) is 1. The van der Waals surface area contributed by atoms with E-state index in [2.05, 4.69) is 5.32 Å². The molecule has 132 valence electrons.